The van der Waals surface area contributed by atoms with E-state index in [0.29, 0.717) is 19.1 Å². The van der Waals surface area contributed by atoms with Crippen LogP contribution in [0.3, 0.4) is 0 Å². The molecule has 0 spiro atoms. The van der Waals surface area contributed by atoms with E-state index in [9.17, 15) is 4.79 Å². The number of nitrogens with zero attached hydrogens (tertiary/aromatic N) is 2. The summed E-state index contributed by atoms with van der Waals surface area (Å²) in [7, 11) is 1.89. The third-order valence-electron chi connectivity index (χ3n) is 4.09. The fourth-order valence-electron chi connectivity index (χ4n) is 2.56. The van der Waals surface area contributed by atoms with Gasteiger partial charge in [-0.1, -0.05) is 36.8 Å². The molecule has 1 aromatic carbocycles. The fourth-order valence-corrected chi connectivity index (χ4v) is 2.56. The summed E-state index contributed by atoms with van der Waals surface area (Å²) in [6.07, 6.45) is 1.09. The summed E-state index contributed by atoms with van der Waals surface area (Å²) in [5, 5.41) is 3.28. The molecule has 0 saturated carbocycles. The predicted molar refractivity (Wildman–Crippen MR) is 86.2 cm³/mol. The Morgan fingerprint density at radius 1 is 1.29 bits per heavy atom. The molecule has 1 heterocycles. The molecular formula is C17H27N3O. The minimum Gasteiger partial charge on any atom is -0.340 e. The molecule has 0 radical (unpaired) electrons. The van der Waals surface area contributed by atoms with Gasteiger partial charge in [0.25, 0.3) is 0 Å². The van der Waals surface area contributed by atoms with Crippen molar-refractivity contribution in [3.8, 4) is 0 Å². The summed E-state index contributed by atoms with van der Waals surface area (Å²) >= 11 is 0. The maximum absolute atomic E-state index is 12.4. The standard InChI is InChI=1S/C17H27N3O/c1-4-9-20(16-10-18-11-16)13-17(21)19(3)12-15-7-5-14(2)6-8-15/h5-8,16,18H,4,9-13H2,1-3H3. The monoisotopic (exact) mass is 289 g/mol. The van der Waals surface area contributed by atoms with Gasteiger partial charge in [0.15, 0.2) is 0 Å². The van der Waals surface area contributed by atoms with E-state index in [-0.39, 0.29) is 5.91 Å². The second kappa shape index (κ2) is 7.57. The molecule has 116 valence electrons. The average molecular weight is 289 g/mol. The summed E-state index contributed by atoms with van der Waals surface area (Å²) in [4.78, 5) is 16.6. The molecule has 1 aromatic rings. The molecule has 0 bridgehead atoms. The molecule has 1 amide bonds. The van der Waals surface area contributed by atoms with E-state index in [2.05, 4.69) is 48.3 Å². The van der Waals surface area contributed by atoms with Crippen LogP contribution in [0.15, 0.2) is 24.3 Å². The van der Waals surface area contributed by atoms with Crippen molar-refractivity contribution in [3.05, 3.63) is 35.4 Å². The second-order valence-electron chi connectivity index (χ2n) is 6.02. The van der Waals surface area contributed by atoms with Gasteiger partial charge in [-0.2, -0.15) is 0 Å². The van der Waals surface area contributed by atoms with E-state index in [1.807, 2.05) is 11.9 Å². The van der Waals surface area contributed by atoms with E-state index in [1.54, 1.807) is 0 Å². The Labute approximate surface area is 128 Å². The summed E-state index contributed by atoms with van der Waals surface area (Å²) < 4.78 is 0. The summed E-state index contributed by atoms with van der Waals surface area (Å²) in [5.41, 5.74) is 2.43. The van der Waals surface area contributed by atoms with E-state index >= 15 is 0 Å². The first-order valence-electron chi connectivity index (χ1n) is 7.84. The van der Waals surface area contributed by atoms with Crippen molar-refractivity contribution in [3.63, 3.8) is 0 Å². The zero-order chi connectivity index (χ0) is 15.2. The molecule has 1 aliphatic rings. The van der Waals surface area contributed by atoms with Crippen LogP contribution in [0.5, 0.6) is 0 Å². The van der Waals surface area contributed by atoms with E-state index in [1.165, 1.54) is 11.1 Å². The number of hydrogen-bond donors (Lipinski definition) is 1. The van der Waals surface area contributed by atoms with Crippen LogP contribution in [0.2, 0.25) is 0 Å². The van der Waals surface area contributed by atoms with Gasteiger partial charge in [-0.3, -0.25) is 9.69 Å². The first kappa shape index (κ1) is 16.0. The van der Waals surface area contributed by atoms with Gasteiger partial charge in [-0.25, -0.2) is 0 Å². The van der Waals surface area contributed by atoms with E-state index in [0.717, 1.165) is 26.1 Å². The summed E-state index contributed by atoms with van der Waals surface area (Å²) in [6.45, 7) is 8.47. The highest BCUT2D eigenvalue weighted by atomic mass is 16.2. The van der Waals surface area contributed by atoms with Crippen molar-refractivity contribution in [2.75, 3.05) is 33.2 Å². The molecule has 4 heteroatoms. The lowest BCUT2D eigenvalue weighted by atomic mass is 10.1. The van der Waals surface area contributed by atoms with Crippen LogP contribution in [0.25, 0.3) is 0 Å². The number of nitrogens with one attached hydrogen (secondary N) is 1. The zero-order valence-corrected chi connectivity index (χ0v) is 13.4. The topological polar surface area (TPSA) is 35.6 Å². The number of carbonyl (C=O) groups is 1. The molecule has 0 aliphatic carbocycles. The van der Waals surface area contributed by atoms with Crippen LogP contribution >= 0.6 is 0 Å². The molecule has 1 saturated heterocycles. The number of amides is 1. The van der Waals surface area contributed by atoms with Gasteiger partial charge in [0.1, 0.15) is 0 Å². The Kier molecular flexibility index (Phi) is 5.76. The van der Waals surface area contributed by atoms with Crippen LogP contribution in [0, 0.1) is 6.92 Å². The van der Waals surface area contributed by atoms with Gasteiger partial charge in [-0.05, 0) is 25.5 Å². The number of rotatable bonds is 7. The Bertz CT molecular complexity index is 454. The smallest absolute Gasteiger partial charge is 0.236 e. The molecule has 2 rings (SSSR count). The molecular weight excluding hydrogens is 262 g/mol. The maximum atomic E-state index is 12.4. The molecule has 0 unspecified atom stereocenters. The van der Waals surface area contributed by atoms with Gasteiger partial charge in [0, 0.05) is 32.7 Å². The highest BCUT2D eigenvalue weighted by Gasteiger charge is 2.26. The van der Waals surface area contributed by atoms with Gasteiger partial charge in [0.2, 0.25) is 5.91 Å². The lowest BCUT2D eigenvalue weighted by Crippen LogP contribution is -2.59. The second-order valence-corrected chi connectivity index (χ2v) is 6.02. The SMILES string of the molecule is CCCN(CC(=O)N(C)Cc1ccc(C)cc1)C1CNC1. The van der Waals surface area contributed by atoms with Gasteiger partial charge < -0.3 is 10.2 Å². The lowest BCUT2D eigenvalue weighted by molar-refractivity contribution is -0.132. The normalized spacial score (nSPS) is 15.0. The Balaban J connectivity index is 1.87. The Hall–Kier alpha value is -1.39. The van der Waals surface area contributed by atoms with Crippen molar-refractivity contribution < 1.29 is 4.79 Å². The molecule has 0 aromatic heterocycles. The first-order valence-corrected chi connectivity index (χ1v) is 7.84. The Morgan fingerprint density at radius 3 is 2.48 bits per heavy atom. The van der Waals surface area contributed by atoms with Gasteiger partial charge >= 0.3 is 0 Å². The minimum absolute atomic E-state index is 0.205. The van der Waals surface area contributed by atoms with Crippen molar-refractivity contribution in [2.24, 2.45) is 0 Å². The van der Waals surface area contributed by atoms with Gasteiger partial charge in [0.05, 0.1) is 6.54 Å². The summed E-state index contributed by atoms with van der Waals surface area (Å²) in [5.74, 6) is 0.205. The molecule has 1 fully saturated rings. The molecule has 1 aliphatic heterocycles. The van der Waals surface area contributed by atoms with Gasteiger partial charge in [-0.15, -0.1) is 0 Å². The van der Waals surface area contributed by atoms with Crippen molar-refractivity contribution in [1.29, 1.82) is 0 Å². The zero-order valence-electron chi connectivity index (χ0n) is 13.4. The number of carbonyl (C=O) groups excluding carboxylic acids is 1. The number of aryl methyl sites for hydroxylation is 1. The van der Waals surface area contributed by atoms with Crippen LogP contribution in [-0.2, 0) is 11.3 Å². The third kappa shape index (κ3) is 4.55. The molecule has 0 atom stereocenters. The third-order valence-corrected chi connectivity index (χ3v) is 4.09. The van der Waals surface area contributed by atoms with Crippen LogP contribution in [0.4, 0.5) is 0 Å². The van der Waals surface area contributed by atoms with Crippen LogP contribution in [0.1, 0.15) is 24.5 Å². The largest absolute Gasteiger partial charge is 0.340 e. The lowest BCUT2D eigenvalue weighted by Gasteiger charge is -2.38. The maximum Gasteiger partial charge on any atom is 0.236 e. The van der Waals surface area contributed by atoms with E-state index < -0.39 is 0 Å². The van der Waals surface area contributed by atoms with Crippen LogP contribution < -0.4 is 5.32 Å². The minimum atomic E-state index is 0.205. The number of benzene rings is 1. The predicted octanol–water partition coefficient (Wildman–Crippen LogP) is 1.64. The molecule has 4 nitrogen and oxygen atoms in total. The highest BCUT2D eigenvalue weighted by Crippen LogP contribution is 2.09. The number of likely N-dealkylation sites (N-methyl/N-ethyl adjacent to an activating group) is 1. The van der Waals surface area contributed by atoms with E-state index in [4.69, 9.17) is 0 Å². The van der Waals surface area contributed by atoms with Crippen molar-refractivity contribution >= 4 is 5.91 Å². The molecule has 1 N–H and O–H groups in total. The fraction of sp³-hybridized carbons (Fsp3) is 0.588. The summed E-state index contributed by atoms with van der Waals surface area (Å²) in [6, 6.07) is 8.91. The van der Waals surface area contributed by atoms with Crippen molar-refractivity contribution in [1.82, 2.24) is 15.1 Å². The number of hydrogen-bond acceptors (Lipinski definition) is 3. The highest BCUT2D eigenvalue weighted by molar-refractivity contribution is 5.78. The molecule has 21 heavy (non-hydrogen) atoms. The Morgan fingerprint density at radius 2 is 1.95 bits per heavy atom. The average Bonchev–Trinajstić information content (AvgIpc) is 2.39. The van der Waals surface area contributed by atoms with Crippen LogP contribution in [-0.4, -0.2) is 55.0 Å². The van der Waals surface area contributed by atoms with Crippen molar-refractivity contribution in [2.45, 2.75) is 32.9 Å². The first-order chi connectivity index (χ1) is 10.1. The quantitative estimate of drug-likeness (QED) is 0.829.